The zero-order valence-electron chi connectivity index (χ0n) is 24.8. The van der Waals surface area contributed by atoms with E-state index in [1.807, 2.05) is 86.2 Å². The lowest BCUT2D eigenvalue weighted by Gasteiger charge is -2.18. The van der Waals surface area contributed by atoms with Crippen molar-refractivity contribution in [1.82, 2.24) is 24.6 Å². The molecule has 5 aromatic rings. The lowest BCUT2D eigenvalue weighted by Crippen LogP contribution is -2.13. The molecular weight excluding hydrogens is 540 g/mol. The van der Waals surface area contributed by atoms with Gasteiger partial charge in [-0.15, -0.1) is 0 Å². The number of hydrogen-bond donors (Lipinski definition) is 2. The molecule has 2 aromatic carbocycles. The summed E-state index contributed by atoms with van der Waals surface area (Å²) in [7, 11) is 3.87. The van der Waals surface area contributed by atoms with E-state index >= 15 is 0 Å². The number of nitriles is 1. The lowest BCUT2D eigenvalue weighted by atomic mass is 10.0. The van der Waals surface area contributed by atoms with Crippen molar-refractivity contribution in [3.05, 3.63) is 90.0 Å². The van der Waals surface area contributed by atoms with Gasteiger partial charge in [0.05, 0.1) is 53.0 Å². The fraction of sp³-hybridized carbons (Fsp3) is 0.242. The molecule has 0 aliphatic heterocycles. The number of nitrogens with zero attached hydrogens (tertiary/aromatic N) is 6. The van der Waals surface area contributed by atoms with Crippen molar-refractivity contribution in [3.8, 4) is 11.8 Å². The van der Waals surface area contributed by atoms with Crippen LogP contribution in [0.25, 0.3) is 21.8 Å². The third-order valence-electron chi connectivity index (χ3n) is 6.90. The summed E-state index contributed by atoms with van der Waals surface area (Å²) in [6.07, 6.45) is 9.25. The molecule has 0 saturated heterocycles. The number of pyridine rings is 2. The van der Waals surface area contributed by atoms with Crippen LogP contribution >= 0.6 is 0 Å². The van der Waals surface area contributed by atoms with E-state index in [-0.39, 0.29) is 5.91 Å². The number of anilines is 3. The van der Waals surface area contributed by atoms with Crippen LogP contribution in [-0.2, 0) is 17.8 Å². The molecule has 1 amide bonds. The lowest BCUT2D eigenvalue weighted by molar-refractivity contribution is -0.111. The number of benzene rings is 2. The van der Waals surface area contributed by atoms with E-state index in [9.17, 15) is 10.1 Å². The molecule has 0 radical (unpaired) electrons. The fourth-order valence-corrected chi connectivity index (χ4v) is 4.86. The fourth-order valence-electron chi connectivity index (χ4n) is 4.86. The summed E-state index contributed by atoms with van der Waals surface area (Å²) in [6, 6.07) is 15.9. The summed E-state index contributed by atoms with van der Waals surface area (Å²) in [5, 5.41) is 22.9. The van der Waals surface area contributed by atoms with E-state index in [2.05, 4.69) is 26.8 Å². The van der Waals surface area contributed by atoms with Crippen LogP contribution in [0.15, 0.2) is 73.2 Å². The van der Waals surface area contributed by atoms with Crippen LogP contribution in [0.4, 0.5) is 17.1 Å². The molecular formula is C33H34N8O2. The van der Waals surface area contributed by atoms with Crippen molar-refractivity contribution in [1.29, 1.82) is 5.26 Å². The van der Waals surface area contributed by atoms with E-state index in [0.29, 0.717) is 65.4 Å². The van der Waals surface area contributed by atoms with Gasteiger partial charge in [-0.1, -0.05) is 13.0 Å². The van der Waals surface area contributed by atoms with Crippen LogP contribution in [0.2, 0.25) is 0 Å². The molecule has 0 saturated carbocycles. The van der Waals surface area contributed by atoms with E-state index in [1.165, 1.54) is 6.08 Å². The number of aromatic nitrogens is 4. The van der Waals surface area contributed by atoms with E-state index in [0.717, 1.165) is 22.2 Å². The zero-order valence-corrected chi connectivity index (χ0v) is 24.8. The van der Waals surface area contributed by atoms with Crippen molar-refractivity contribution in [2.45, 2.75) is 26.8 Å². The average molecular weight is 575 g/mol. The Bertz CT molecular complexity index is 1840. The smallest absolute Gasteiger partial charge is 0.248 e. The zero-order chi connectivity index (χ0) is 30.3. The number of fused-ring (bicyclic) bond motifs is 2. The molecule has 0 spiro atoms. The number of nitrogens with one attached hydrogen (secondary N) is 2. The van der Waals surface area contributed by atoms with Gasteiger partial charge in [0, 0.05) is 47.5 Å². The van der Waals surface area contributed by atoms with E-state index in [1.54, 1.807) is 18.5 Å². The van der Waals surface area contributed by atoms with Crippen LogP contribution in [0.1, 0.15) is 30.7 Å². The van der Waals surface area contributed by atoms with Gasteiger partial charge in [0.1, 0.15) is 11.8 Å². The predicted molar refractivity (Wildman–Crippen MR) is 170 cm³/mol. The molecule has 0 aliphatic carbocycles. The Balaban J connectivity index is 1.55. The minimum Gasteiger partial charge on any atom is -0.492 e. The monoisotopic (exact) mass is 574 g/mol. The van der Waals surface area contributed by atoms with Gasteiger partial charge in [0.15, 0.2) is 0 Å². The van der Waals surface area contributed by atoms with Crippen LogP contribution in [0.3, 0.4) is 0 Å². The highest BCUT2D eigenvalue weighted by molar-refractivity contribution is 6.05. The standard InChI is InChI=1S/C33H34N8O2/c1-5-27-26(19-34)33(37-24-9-10-30-23(16-24)20-36-41(30)21-22-11-13-35-14-12-22)25-17-29(31(43-6-2)18-28(25)38-27)39-32(42)8-7-15-40(3)4/h7-14,16-18,20H,5-6,15,21H2,1-4H3,(H,37,38)(H,39,42)/b8-7+. The molecule has 10 heteroatoms. The first kappa shape index (κ1) is 29.2. The molecule has 5 rings (SSSR count). The molecule has 3 heterocycles. The van der Waals surface area contributed by atoms with Crippen molar-refractivity contribution >= 4 is 44.8 Å². The Morgan fingerprint density at radius 3 is 2.67 bits per heavy atom. The summed E-state index contributed by atoms with van der Waals surface area (Å²) in [5.41, 5.74) is 5.81. The van der Waals surface area contributed by atoms with Crippen LogP contribution in [0.5, 0.6) is 5.75 Å². The molecule has 43 heavy (non-hydrogen) atoms. The van der Waals surface area contributed by atoms with Crippen molar-refractivity contribution in [2.24, 2.45) is 0 Å². The van der Waals surface area contributed by atoms with Gasteiger partial charge in [-0.25, -0.2) is 0 Å². The van der Waals surface area contributed by atoms with Gasteiger partial charge in [0.2, 0.25) is 5.91 Å². The van der Waals surface area contributed by atoms with Gasteiger partial charge in [-0.05, 0) is 69.4 Å². The first-order chi connectivity index (χ1) is 20.9. The largest absolute Gasteiger partial charge is 0.492 e. The molecule has 10 nitrogen and oxygen atoms in total. The van der Waals surface area contributed by atoms with Crippen LogP contribution in [0, 0.1) is 11.3 Å². The third kappa shape index (κ3) is 6.63. The highest BCUT2D eigenvalue weighted by atomic mass is 16.5. The Hall–Kier alpha value is -5.27. The second-order valence-electron chi connectivity index (χ2n) is 10.3. The second kappa shape index (κ2) is 13.1. The maximum atomic E-state index is 12.8. The number of amides is 1. The molecule has 3 aromatic heterocycles. The number of carbonyl (C=O) groups excluding carboxylic acids is 1. The molecule has 0 unspecified atom stereocenters. The van der Waals surface area contributed by atoms with Crippen molar-refractivity contribution < 1.29 is 9.53 Å². The number of carbonyl (C=O) groups is 1. The van der Waals surface area contributed by atoms with E-state index < -0.39 is 0 Å². The number of aryl methyl sites for hydroxylation is 1. The average Bonchev–Trinajstić information content (AvgIpc) is 3.39. The maximum absolute atomic E-state index is 12.8. The number of likely N-dealkylation sites (N-methyl/N-ethyl adjacent to an activating group) is 1. The van der Waals surface area contributed by atoms with Gasteiger partial charge in [-0.3, -0.25) is 19.4 Å². The van der Waals surface area contributed by atoms with Crippen LogP contribution < -0.4 is 15.4 Å². The van der Waals surface area contributed by atoms with Crippen LogP contribution in [-0.4, -0.2) is 57.8 Å². The molecule has 0 bridgehead atoms. The number of hydrogen-bond acceptors (Lipinski definition) is 8. The highest BCUT2D eigenvalue weighted by Crippen LogP contribution is 2.38. The van der Waals surface area contributed by atoms with Gasteiger partial charge in [0.25, 0.3) is 0 Å². The predicted octanol–water partition coefficient (Wildman–Crippen LogP) is 5.66. The second-order valence-corrected chi connectivity index (χ2v) is 10.3. The molecule has 2 N–H and O–H groups in total. The topological polar surface area (TPSA) is 121 Å². The Labute approximate surface area is 250 Å². The van der Waals surface area contributed by atoms with Gasteiger partial charge < -0.3 is 20.3 Å². The summed E-state index contributed by atoms with van der Waals surface area (Å²) in [6.45, 7) is 5.55. The van der Waals surface area contributed by atoms with Gasteiger partial charge >= 0.3 is 0 Å². The third-order valence-corrected chi connectivity index (χ3v) is 6.90. The van der Waals surface area contributed by atoms with Gasteiger partial charge in [-0.2, -0.15) is 10.4 Å². The quantitative estimate of drug-likeness (QED) is 0.194. The summed E-state index contributed by atoms with van der Waals surface area (Å²) >= 11 is 0. The molecule has 0 fully saturated rings. The van der Waals surface area contributed by atoms with Crippen molar-refractivity contribution in [3.63, 3.8) is 0 Å². The molecule has 218 valence electrons. The van der Waals surface area contributed by atoms with Crippen molar-refractivity contribution in [2.75, 3.05) is 37.9 Å². The highest BCUT2D eigenvalue weighted by Gasteiger charge is 2.19. The maximum Gasteiger partial charge on any atom is 0.248 e. The summed E-state index contributed by atoms with van der Waals surface area (Å²) in [4.78, 5) is 23.6. The SMILES string of the molecule is CCOc1cc2nc(CC)c(C#N)c(Nc3ccc4c(cnn4Cc4ccncc4)c3)c2cc1NC(=O)/C=C/CN(C)C. The molecule has 0 atom stereocenters. The van der Waals surface area contributed by atoms with E-state index in [4.69, 9.17) is 9.72 Å². The first-order valence-electron chi connectivity index (χ1n) is 14.2. The Morgan fingerprint density at radius 2 is 1.95 bits per heavy atom. The summed E-state index contributed by atoms with van der Waals surface area (Å²) < 4.78 is 7.83. The Morgan fingerprint density at radius 1 is 1.14 bits per heavy atom. The number of rotatable bonds is 11. The molecule has 0 aliphatic rings. The number of ether oxygens (including phenoxy) is 1. The Kier molecular flexibility index (Phi) is 8.93. The minimum absolute atomic E-state index is 0.274. The first-order valence-corrected chi connectivity index (χ1v) is 14.2. The normalized spacial score (nSPS) is 11.3. The minimum atomic E-state index is -0.274. The summed E-state index contributed by atoms with van der Waals surface area (Å²) in [5.74, 6) is 0.238.